The largest absolute Gasteiger partial charge is 0.737 e. The topological polar surface area (TPSA) is 37.9 Å². The molecule has 0 amide bonds. The molecule has 9 heteroatoms. The normalized spacial score (nSPS) is 15.2. The lowest BCUT2D eigenvalue weighted by molar-refractivity contribution is -0.536. The summed E-state index contributed by atoms with van der Waals surface area (Å²) >= 11 is 1.18. The summed E-state index contributed by atoms with van der Waals surface area (Å²) in [6.07, 6.45) is 0. The van der Waals surface area contributed by atoms with Crippen LogP contribution in [0.1, 0.15) is 5.56 Å². The van der Waals surface area contributed by atoms with E-state index in [1.54, 1.807) is 30.3 Å². The molecule has 1 aliphatic heterocycles. The van der Waals surface area contributed by atoms with Gasteiger partial charge in [0.05, 0.1) is 17.4 Å². The number of halogens is 2. The molecule has 2 heterocycles. The van der Waals surface area contributed by atoms with Crippen LogP contribution < -0.4 is 14.1 Å². The van der Waals surface area contributed by atoms with Crippen molar-refractivity contribution in [1.82, 2.24) is 0 Å². The number of fused-ring (bicyclic) bond motifs is 3. The maximum atomic E-state index is 14.8. The van der Waals surface area contributed by atoms with Gasteiger partial charge in [0.1, 0.15) is 11.3 Å². The van der Waals surface area contributed by atoms with Gasteiger partial charge in [0.2, 0.25) is 0 Å². The Morgan fingerprint density at radius 3 is 2.54 bits per heavy atom. The van der Waals surface area contributed by atoms with E-state index in [0.29, 0.717) is 21.5 Å². The zero-order chi connectivity index (χ0) is 18.5. The van der Waals surface area contributed by atoms with E-state index in [4.69, 9.17) is 9.39 Å². The molecule has 0 bridgehead atoms. The molecule has 0 radical (unpaired) electrons. The highest BCUT2D eigenvalue weighted by atomic mass is 32.1. The van der Waals surface area contributed by atoms with Crippen LogP contribution in [0.2, 0.25) is 0 Å². The van der Waals surface area contributed by atoms with Crippen molar-refractivity contribution in [3.63, 3.8) is 0 Å². The number of methoxy groups -OCH3 is 1. The number of aromatic nitrogens is 1. The van der Waals surface area contributed by atoms with Crippen LogP contribution in [-0.2, 0) is 4.65 Å². The van der Waals surface area contributed by atoms with Gasteiger partial charge in [-0.15, -0.1) is 0 Å². The molecular formula is C17H16BF2N3O2S. The molecule has 5 nitrogen and oxygen atoms in total. The summed E-state index contributed by atoms with van der Waals surface area (Å²) in [5.41, 5.74) is 1.85. The number of thiazole rings is 1. The van der Waals surface area contributed by atoms with E-state index in [0.717, 1.165) is 10.2 Å². The Kier molecular flexibility index (Phi) is 3.84. The number of nitrogens with zero attached hydrogens (tertiary/aromatic N) is 3. The second-order valence-corrected chi connectivity index (χ2v) is 7.13. The van der Waals surface area contributed by atoms with Gasteiger partial charge in [0.15, 0.2) is 0 Å². The van der Waals surface area contributed by atoms with Crippen molar-refractivity contribution in [3.05, 3.63) is 48.0 Å². The van der Waals surface area contributed by atoms with E-state index in [1.165, 1.54) is 18.4 Å². The number of hydrogen-bond donors (Lipinski definition) is 0. The summed E-state index contributed by atoms with van der Waals surface area (Å²) < 4.78 is 41.3. The van der Waals surface area contributed by atoms with Gasteiger partial charge in [0, 0.05) is 30.8 Å². The fourth-order valence-electron chi connectivity index (χ4n) is 2.85. The third kappa shape index (κ3) is 2.68. The predicted molar refractivity (Wildman–Crippen MR) is 100.0 cm³/mol. The molecule has 134 valence electrons. The Balaban J connectivity index is 1.83. The van der Waals surface area contributed by atoms with Crippen molar-refractivity contribution in [2.24, 2.45) is 4.99 Å². The number of hydrogen-bond acceptors (Lipinski definition) is 5. The Morgan fingerprint density at radius 2 is 1.88 bits per heavy atom. The minimum Gasteiger partial charge on any atom is -0.590 e. The molecule has 0 aliphatic carbocycles. The van der Waals surface area contributed by atoms with Gasteiger partial charge >= 0.3 is 12.2 Å². The maximum Gasteiger partial charge on any atom is 0.737 e. The average molecular weight is 375 g/mol. The lowest BCUT2D eigenvalue weighted by Gasteiger charge is -2.25. The van der Waals surface area contributed by atoms with Crippen molar-refractivity contribution >= 4 is 45.3 Å². The van der Waals surface area contributed by atoms with Crippen LogP contribution in [0.3, 0.4) is 0 Å². The zero-order valence-corrected chi connectivity index (χ0v) is 15.3. The minimum atomic E-state index is -4.27. The lowest BCUT2D eigenvalue weighted by atomic mass is 10.0. The molecular weight excluding hydrogens is 359 g/mol. The summed E-state index contributed by atoms with van der Waals surface area (Å²) in [4.78, 5) is 6.27. The van der Waals surface area contributed by atoms with Crippen molar-refractivity contribution in [1.29, 1.82) is 0 Å². The fourth-order valence-corrected chi connectivity index (χ4v) is 3.95. The number of rotatable bonds is 3. The molecule has 3 aromatic rings. The Bertz CT molecular complexity index is 1020. The zero-order valence-electron chi connectivity index (χ0n) is 14.4. The summed E-state index contributed by atoms with van der Waals surface area (Å²) in [5.74, 6) is 0.538. The van der Waals surface area contributed by atoms with Crippen LogP contribution in [0.5, 0.6) is 5.75 Å². The second kappa shape index (κ2) is 5.94. The first-order valence-electron chi connectivity index (χ1n) is 7.98. The van der Waals surface area contributed by atoms with Crippen molar-refractivity contribution in [3.8, 4) is 5.75 Å². The third-order valence-electron chi connectivity index (χ3n) is 4.22. The van der Waals surface area contributed by atoms with Gasteiger partial charge in [-0.1, -0.05) is 0 Å². The number of aliphatic imine (C=N–C) groups is 1. The van der Waals surface area contributed by atoms with E-state index in [2.05, 4.69) is 4.99 Å². The SMILES string of the molecule is COc1ccc2c(c1)sc1[n+]2[B-](F)(F)OC(c2ccc(N(C)C)cc2)=N1. The number of ether oxygens (including phenoxy) is 1. The third-order valence-corrected chi connectivity index (χ3v) is 5.23. The number of anilines is 1. The molecule has 0 saturated carbocycles. The quantitative estimate of drug-likeness (QED) is 0.657. The highest BCUT2D eigenvalue weighted by Crippen LogP contribution is 2.34. The van der Waals surface area contributed by atoms with Gasteiger partial charge in [-0.3, -0.25) is 0 Å². The van der Waals surface area contributed by atoms with Gasteiger partial charge in [-0.2, -0.15) is 0 Å². The molecule has 26 heavy (non-hydrogen) atoms. The predicted octanol–water partition coefficient (Wildman–Crippen LogP) is 3.59. The first-order chi connectivity index (χ1) is 12.4. The molecule has 0 N–H and O–H groups in total. The summed E-state index contributed by atoms with van der Waals surface area (Å²) in [5, 5.41) is 0.205. The molecule has 0 spiro atoms. The van der Waals surface area contributed by atoms with Crippen molar-refractivity contribution < 1.29 is 22.5 Å². The second-order valence-electron chi connectivity index (χ2n) is 6.13. The van der Waals surface area contributed by atoms with E-state index < -0.39 is 7.04 Å². The molecule has 0 atom stereocenters. The fraction of sp³-hybridized carbons (Fsp3) is 0.176. The van der Waals surface area contributed by atoms with Crippen molar-refractivity contribution in [2.45, 2.75) is 0 Å². The standard InChI is InChI=1S/C17H16BF2N3O2S/c1-22(2)12-6-4-11(5-7-12)16-21-17-23(18(19,20)25-16)14-9-8-13(24-3)10-15(14)26-17/h4-10H,1-3H3. The highest BCUT2D eigenvalue weighted by Gasteiger charge is 2.49. The monoisotopic (exact) mass is 375 g/mol. The van der Waals surface area contributed by atoms with Crippen LogP contribution in [0, 0.1) is 0 Å². The maximum absolute atomic E-state index is 14.8. The molecule has 2 aromatic carbocycles. The van der Waals surface area contributed by atoms with Crippen molar-refractivity contribution in [2.75, 3.05) is 26.1 Å². The van der Waals surface area contributed by atoms with Crippen LogP contribution in [0.15, 0.2) is 47.5 Å². The Morgan fingerprint density at radius 1 is 1.15 bits per heavy atom. The first-order valence-corrected chi connectivity index (χ1v) is 8.79. The summed E-state index contributed by atoms with van der Waals surface area (Å²) in [6.45, 7) is 0. The molecule has 1 aliphatic rings. The van der Waals surface area contributed by atoms with Gasteiger partial charge in [-0.05, 0) is 47.7 Å². The summed E-state index contributed by atoms with van der Waals surface area (Å²) in [6, 6.07) is 12.1. The molecule has 0 fully saturated rings. The van der Waals surface area contributed by atoms with Crippen LogP contribution in [0.25, 0.3) is 10.2 Å². The molecule has 1 aromatic heterocycles. The van der Waals surface area contributed by atoms with Gasteiger partial charge in [-0.25, -0.2) is 0 Å². The van der Waals surface area contributed by atoms with Crippen LogP contribution in [-0.4, -0.2) is 34.1 Å². The van der Waals surface area contributed by atoms with Gasteiger partial charge < -0.3 is 27.4 Å². The van der Waals surface area contributed by atoms with E-state index in [9.17, 15) is 8.63 Å². The van der Waals surface area contributed by atoms with E-state index >= 15 is 0 Å². The number of benzene rings is 2. The average Bonchev–Trinajstić information content (AvgIpc) is 2.99. The Labute approximate surface area is 153 Å². The van der Waals surface area contributed by atoms with Crippen LogP contribution >= 0.6 is 11.3 Å². The highest BCUT2D eigenvalue weighted by molar-refractivity contribution is 7.21. The lowest BCUT2D eigenvalue weighted by Crippen LogP contribution is -2.62. The summed E-state index contributed by atoms with van der Waals surface area (Å²) in [7, 11) is 1.09. The van der Waals surface area contributed by atoms with Gasteiger partial charge in [0.25, 0.3) is 5.90 Å². The molecule has 0 saturated heterocycles. The Hall–Kier alpha value is -2.68. The molecule has 4 rings (SSSR count). The molecule has 0 unspecified atom stereocenters. The minimum absolute atomic E-state index is 0.0705. The van der Waals surface area contributed by atoms with Crippen LogP contribution in [0.4, 0.5) is 19.5 Å². The first kappa shape index (κ1) is 16.8. The van der Waals surface area contributed by atoms with E-state index in [-0.39, 0.29) is 11.0 Å². The van der Waals surface area contributed by atoms with E-state index in [1.807, 2.05) is 31.1 Å². The smallest absolute Gasteiger partial charge is 0.590 e.